The van der Waals surface area contributed by atoms with Crippen molar-refractivity contribution in [2.24, 2.45) is 0 Å². The van der Waals surface area contributed by atoms with Crippen LogP contribution < -0.4 is 10.4 Å². The Labute approximate surface area is 209 Å². The third-order valence-electron chi connectivity index (χ3n) is 7.03. The second-order valence-corrected chi connectivity index (χ2v) is 20.3. The average Bonchev–Trinajstić information content (AvgIpc) is 2.75. The lowest BCUT2D eigenvalue weighted by Crippen LogP contribution is -2.43. The first-order valence-corrected chi connectivity index (χ1v) is 20.3. The van der Waals surface area contributed by atoms with Gasteiger partial charge in [-0.05, 0) is 6.92 Å². The fraction of sp³-hybridized carbons (Fsp3) is 0.793. The molecule has 0 aromatic heterocycles. The molecule has 0 bridgehead atoms. The normalized spacial score (nSPS) is 12.9. The molecule has 0 radical (unpaired) electrons. The van der Waals surface area contributed by atoms with Crippen molar-refractivity contribution in [3.63, 3.8) is 0 Å². The summed E-state index contributed by atoms with van der Waals surface area (Å²) in [5.41, 5.74) is 2.34. The molecule has 1 atom stereocenters. The number of aryl methyl sites for hydroxylation is 1. The van der Waals surface area contributed by atoms with Crippen molar-refractivity contribution in [1.82, 2.24) is 0 Å². The number of rotatable bonds is 20. The summed E-state index contributed by atoms with van der Waals surface area (Å²) in [5.74, 6) is 0. The minimum atomic E-state index is -1.25. The first-order chi connectivity index (χ1) is 15.4. The van der Waals surface area contributed by atoms with Crippen molar-refractivity contribution in [2.75, 3.05) is 5.50 Å². The summed E-state index contributed by atoms with van der Waals surface area (Å²) in [6, 6.07) is 8.78. The van der Waals surface area contributed by atoms with Gasteiger partial charge in [0.15, 0.2) is 0 Å². The Kier molecular flexibility index (Phi) is 17.1. The summed E-state index contributed by atoms with van der Waals surface area (Å²) >= 11 is 6.47. The van der Waals surface area contributed by atoms with E-state index in [1.807, 2.05) is 0 Å². The number of halogens is 1. The van der Waals surface area contributed by atoms with Crippen LogP contribution >= 0.6 is 11.6 Å². The second kappa shape index (κ2) is 18.3. The molecule has 1 aromatic rings. The van der Waals surface area contributed by atoms with E-state index in [4.69, 9.17) is 11.6 Å². The first kappa shape index (κ1) is 30.0. The molecule has 0 fully saturated rings. The quantitative estimate of drug-likeness (QED) is 0.0962. The third kappa shape index (κ3) is 14.3. The van der Waals surface area contributed by atoms with Crippen LogP contribution in [0.25, 0.3) is 0 Å². The van der Waals surface area contributed by atoms with E-state index in [1.54, 1.807) is 10.4 Å². The van der Waals surface area contributed by atoms with E-state index in [9.17, 15) is 0 Å². The lowest BCUT2D eigenvalue weighted by Gasteiger charge is -2.21. The van der Waals surface area contributed by atoms with Gasteiger partial charge in [-0.3, -0.25) is 0 Å². The Morgan fingerprint density at radius 3 is 1.50 bits per heavy atom. The van der Waals surface area contributed by atoms with Gasteiger partial charge in [0.05, 0.1) is 16.9 Å². The van der Waals surface area contributed by atoms with Gasteiger partial charge in [0.25, 0.3) is 0 Å². The number of benzene rings is 1. The van der Waals surface area contributed by atoms with Crippen molar-refractivity contribution in [3.05, 3.63) is 23.8 Å². The number of hydrogen-bond acceptors (Lipinski definition) is 0. The zero-order valence-electron chi connectivity index (χ0n) is 22.4. The molecule has 0 N–H and O–H groups in total. The van der Waals surface area contributed by atoms with Crippen molar-refractivity contribution >= 4 is 38.8 Å². The van der Waals surface area contributed by atoms with Gasteiger partial charge in [0.2, 0.25) is 0 Å². The largest absolute Gasteiger partial charge is 0.130 e. The maximum Gasteiger partial charge on any atom is 0.0867 e. The van der Waals surface area contributed by atoms with Gasteiger partial charge >= 0.3 is 0 Å². The highest BCUT2D eigenvalue weighted by atomic mass is 35.5. The Balaban J connectivity index is 2.06. The zero-order chi connectivity index (χ0) is 23.7. The Morgan fingerprint density at radius 1 is 0.656 bits per heavy atom. The fourth-order valence-corrected chi connectivity index (χ4v) is 9.54. The van der Waals surface area contributed by atoms with Crippen LogP contribution in [0.5, 0.6) is 0 Å². The van der Waals surface area contributed by atoms with Gasteiger partial charge in [-0.1, -0.05) is 169 Å². The molecular formula is C29H55ClSi2. The Hall–Kier alpha value is -0.0562. The first-order valence-electron chi connectivity index (χ1n) is 14.1. The minimum absolute atomic E-state index is 0.896. The predicted octanol–water partition coefficient (Wildman–Crippen LogP) is 9.01. The molecule has 0 aliphatic carbocycles. The zero-order valence-corrected chi connectivity index (χ0v) is 25.3. The van der Waals surface area contributed by atoms with Crippen LogP contribution in [0.15, 0.2) is 18.2 Å². The summed E-state index contributed by atoms with van der Waals surface area (Å²) in [5, 5.41) is 3.24. The van der Waals surface area contributed by atoms with E-state index in [1.165, 1.54) is 114 Å². The smallest absolute Gasteiger partial charge is 0.0867 e. The van der Waals surface area contributed by atoms with E-state index < -0.39 is 16.9 Å². The molecule has 0 saturated carbocycles. The van der Waals surface area contributed by atoms with E-state index in [-0.39, 0.29) is 0 Å². The molecule has 186 valence electrons. The number of alkyl halides is 1. The van der Waals surface area contributed by atoms with E-state index in [0.717, 1.165) is 5.50 Å². The Morgan fingerprint density at radius 2 is 1.09 bits per heavy atom. The minimum Gasteiger partial charge on any atom is -0.130 e. The van der Waals surface area contributed by atoms with Gasteiger partial charge in [0, 0.05) is 5.50 Å². The van der Waals surface area contributed by atoms with Crippen LogP contribution in [0.1, 0.15) is 115 Å². The summed E-state index contributed by atoms with van der Waals surface area (Å²) < 4.78 is 0. The molecule has 0 aliphatic heterocycles. The lowest BCUT2D eigenvalue weighted by molar-refractivity contribution is 0.531. The summed E-state index contributed by atoms with van der Waals surface area (Å²) in [6.07, 6.45) is 23.1. The molecule has 0 saturated heterocycles. The lowest BCUT2D eigenvalue weighted by atomic mass is 10.0. The predicted molar refractivity (Wildman–Crippen MR) is 156 cm³/mol. The van der Waals surface area contributed by atoms with Crippen LogP contribution in [-0.4, -0.2) is 22.4 Å². The SMILES string of the molecule is CCCCCCCCCCCCCCCCCC[SiH](CCl)c1cc(C)cc([Si](C)(C)C)c1. The molecule has 3 heteroatoms. The molecule has 1 unspecified atom stereocenters. The van der Waals surface area contributed by atoms with E-state index in [0.29, 0.717) is 0 Å². The monoisotopic (exact) mass is 494 g/mol. The summed E-state index contributed by atoms with van der Waals surface area (Å²) in [7, 11) is -2.26. The molecular weight excluding hydrogens is 440 g/mol. The highest BCUT2D eigenvalue weighted by Gasteiger charge is 2.20. The van der Waals surface area contributed by atoms with E-state index in [2.05, 4.69) is 51.7 Å². The fourth-order valence-electron chi connectivity index (χ4n) is 4.75. The van der Waals surface area contributed by atoms with Gasteiger partial charge in [-0.2, -0.15) is 0 Å². The third-order valence-corrected chi connectivity index (χ3v) is 12.9. The summed E-state index contributed by atoms with van der Waals surface area (Å²) in [4.78, 5) is 0. The summed E-state index contributed by atoms with van der Waals surface area (Å²) in [6.45, 7) is 11.9. The number of unbranched alkanes of at least 4 members (excludes halogenated alkanes) is 15. The molecule has 32 heavy (non-hydrogen) atoms. The van der Waals surface area contributed by atoms with Gasteiger partial charge < -0.3 is 0 Å². The molecule has 0 aliphatic rings. The van der Waals surface area contributed by atoms with Crippen molar-refractivity contribution in [1.29, 1.82) is 0 Å². The Bertz CT molecular complexity index is 579. The molecule has 0 heterocycles. The van der Waals surface area contributed by atoms with Gasteiger partial charge in [-0.25, -0.2) is 0 Å². The molecule has 1 rings (SSSR count). The van der Waals surface area contributed by atoms with Crippen molar-refractivity contribution < 1.29 is 0 Å². The van der Waals surface area contributed by atoms with E-state index >= 15 is 0 Å². The molecule has 1 aromatic carbocycles. The highest BCUT2D eigenvalue weighted by molar-refractivity contribution is 6.89. The highest BCUT2D eigenvalue weighted by Crippen LogP contribution is 2.15. The van der Waals surface area contributed by atoms with Crippen molar-refractivity contribution in [3.8, 4) is 0 Å². The molecule has 0 amide bonds. The molecule has 0 nitrogen and oxygen atoms in total. The van der Waals surface area contributed by atoms with Crippen LogP contribution in [0.4, 0.5) is 0 Å². The number of hydrogen-bond donors (Lipinski definition) is 0. The second-order valence-electron chi connectivity index (χ2n) is 11.3. The maximum atomic E-state index is 6.47. The van der Waals surface area contributed by atoms with Crippen LogP contribution in [0.2, 0.25) is 25.7 Å². The topological polar surface area (TPSA) is 0 Å². The van der Waals surface area contributed by atoms with Crippen LogP contribution in [0.3, 0.4) is 0 Å². The maximum absolute atomic E-state index is 6.47. The average molecular weight is 495 g/mol. The van der Waals surface area contributed by atoms with Crippen LogP contribution in [-0.2, 0) is 0 Å². The van der Waals surface area contributed by atoms with Gasteiger partial charge in [-0.15, -0.1) is 11.6 Å². The van der Waals surface area contributed by atoms with Gasteiger partial charge in [0.1, 0.15) is 0 Å². The van der Waals surface area contributed by atoms with Crippen molar-refractivity contribution in [2.45, 2.75) is 142 Å². The molecule has 0 spiro atoms. The standard InChI is InChI=1S/C29H55ClSi2/c1-6-7-8-9-10-11-12-13-14-15-16-17-18-19-20-21-22-31(26-30)28-23-27(2)24-29(25-28)32(3,4)5/h23-25,31H,6-22,26H2,1-5H3. The van der Waals surface area contributed by atoms with Crippen LogP contribution in [0, 0.1) is 6.92 Å².